The molecule has 1 aliphatic rings. The maximum atomic E-state index is 13.7. The van der Waals surface area contributed by atoms with Crippen molar-refractivity contribution in [2.75, 3.05) is 6.54 Å². The summed E-state index contributed by atoms with van der Waals surface area (Å²) in [5, 5.41) is 6.61. The summed E-state index contributed by atoms with van der Waals surface area (Å²) in [5.74, 6) is -2.62. The Balaban J connectivity index is 1.73. The molecule has 1 heterocycles. The molecule has 1 fully saturated rings. The van der Waals surface area contributed by atoms with E-state index >= 15 is 0 Å². The second-order valence-electron chi connectivity index (χ2n) is 5.61. The van der Waals surface area contributed by atoms with Crippen LogP contribution in [0.25, 0.3) is 0 Å². The fourth-order valence-electron chi connectivity index (χ4n) is 2.80. The van der Waals surface area contributed by atoms with E-state index in [0.29, 0.717) is 6.54 Å². The van der Waals surface area contributed by atoms with Crippen LogP contribution in [0, 0.1) is 11.7 Å². The van der Waals surface area contributed by atoms with Gasteiger partial charge in [-0.15, -0.1) is 0 Å². The molecule has 7 heteroatoms. The molecule has 2 aromatic rings. The third-order valence-electron chi connectivity index (χ3n) is 4.06. The molecule has 5 nitrogen and oxygen atoms in total. The fourth-order valence-corrected chi connectivity index (χ4v) is 3.01. The van der Waals surface area contributed by atoms with Gasteiger partial charge in [-0.2, -0.15) is 5.10 Å². The van der Waals surface area contributed by atoms with Crippen LogP contribution in [0.5, 0.6) is 0 Å². The minimum Gasteiger partial charge on any atom is -0.355 e. The van der Waals surface area contributed by atoms with Crippen LogP contribution in [0.1, 0.15) is 17.0 Å². The van der Waals surface area contributed by atoms with Crippen LogP contribution in [-0.4, -0.2) is 24.6 Å². The summed E-state index contributed by atoms with van der Waals surface area (Å²) in [6, 6.07) is 13.5. The molecular formula is C18H15ClFN3O2. The van der Waals surface area contributed by atoms with Crippen molar-refractivity contribution in [3.8, 4) is 0 Å². The molecule has 2 N–H and O–H groups in total. The molecule has 0 bridgehead atoms. The lowest BCUT2D eigenvalue weighted by atomic mass is 9.88. The average Bonchev–Trinajstić information content (AvgIpc) is 3.00. The highest BCUT2D eigenvalue weighted by Gasteiger charge is 2.40. The van der Waals surface area contributed by atoms with Gasteiger partial charge in [0.2, 0.25) is 5.91 Å². The summed E-state index contributed by atoms with van der Waals surface area (Å²) in [5.41, 5.74) is 3.26. The van der Waals surface area contributed by atoms with Crippen molar-refractivity contribution in [3.63, 3.8) is 0 Å². The first kappa shape index (κ1) is 17.1. The monoisotopic (exact) mass is 359 g/mol. The zero-order valence-corrected chi connectivity index (χ0v) is 13.8. The highest BCUT2D eigenvalue weighted by molar-refractivity contribution is 6.33. The Kier molecular flexibility index (Phi) is 5.09. The largest absolute Gasteiger partial charge is 0.355 e. The summed E-state index contributed by atoms with van der Waals surface area (Å²) >= 11 is 5.89. The number of hydrogen-bond acceptors (Lipinski definition) is 3. The number of benzene rings is 2. The second kappa shape index (κ2) is 7.44. The molecule has 2 atom stereocenters. The summed E-state index contributed by atoms with van der Waals surface area (Å²) < 4.78 is 13.7. The van der Waals surface area contributed by atoms with E-state index in [-0.39, 0.29) is 22.4 Å². The van der Waals surface area contributed by atoms with E-state index in [1.165, 1.54) is 18.2 Å². The van der Waals surface area contributed by atoms with Gasteiger partial charge in [-0.05, 0) is 17.7 Å². The smallest absolute Gasteiger partial charge is 0.253 e. The summed E-state index contributed by atoms with van der Waals surface area (Å²) in [6.07, 6.45) is 1.12. The van der Waals surface area contributed by atoms with Crippen LogP contribution >= 0.6 is 11.6 Å². The molecule has 128 valence electrons. The van der Waals surface area contributed by atoms with Crippen LogP contribution in [0.15, 0.2) is 53.6 Å². The van der Waals surface area contributed by atoms with E-state index in [0.717, 1.165) is 11.8 Å². The number of carbonyl (C=O) groups is 2. The number of hydrogen-bond donors (Lipinski definition) is 2. The molecule has 0 aliphatic carbocycles. The third kappa shape index (κ3) is 3.69. The first-order valence-electron chi connectivity index (χ1n) is 7.67. The van der Waals surface area contributed by atoms with E-state index < -0.39 is 17.6 Å². The van der Waals surface area contributed by atoms with Gasteiger partial charge in [-0.3, -0.25) is 9.59 Å². The molecule has 3 rings (SSSR count). The average molecular weight is 360 g/mol. The van der Waals surface area contributed by atoms with Crippen LogP contribution in [0.4, 0.5) is 4.39 Å². The topological polar surface area (TPSA) is 70.6 Å². The normalized spacial score (nSPS) is 19.8. The Hall–Kier alpha value is -2.73. The third-order valence-corrected chi connectivity index (χ3v) is 4.39. The number of hydrazone groups is 1. The number of carbonyl (C=O) groups excluding carboxylic acids is 2. The SMILES string of the molecule is O=C1NC[C@H](c2ccccc2)[C@H]1C(=O)N/N=C/c1c(F)cccc1Cl. The first-order valence-corrected chi connectivity index (χ1v) is 8.05. The number of rotatable bonds is 4. The summed E-state index contributed by atoms with van der Waals surface area (Å²) in [6.45, 7) is 0.379. The van der Waals surface area contributed by atoms with E-state index in [9.17, 15) is 14.0 Å². The molecule has 0 radical (unpaired) electrons. The molecule has 2 amide bonds. The van der Waals surface area contributed by atoms with Crippen LogP contribution in [-0.2, 0) is 9.59 Å². The number of nitrogens with zero attached hydrogens (tertiary/aromatic N) is 1. The van der Waals surface area contributed by atoms with Crippen molar-refractivity contribution in [2.24, 2.45) is 11.0 Å². The van der Waals surface area contributed by atoms with Crippen molar-refractivity contribution in [3.05, 3.63) is 70.5 Å². The van der Waals surface area contributed by atoms with Gasteiger partial charge in [0, 0.05) is 18.0 Å². The van der Waals surface area contributed by atoms with Gasteiger partial charge in [-0.25, -0.2) is 9.82 Å². The van der Waals surface area contributed by atoms with Gasteiger partial charge in [-0.1, -0.05) is 48.0 Å². The fraction of sp³-hybridized carbons (Fsp3) is 0.167. The van der Waals surface area contributed by atoms with Crippen molar-refractivity contribution in [2.45, 2.75) is 5.92 Å². The van der Waals surface area contributed by atoms with Gasteiger partial charge in [0.05, 0.1) is 11.2 Å². The van der Waals surface area contributed by atoms with Crippen molar-refractivity contribution < 1.29 is 14.0 Å². The summed E-state index contributed by atoms with van der Waals surface area (Å²) in [7, 11) is 0. The maximum absolute atomic E-state index is 13.7. The molecule has 0 spiro atoms. The van der Waals surface area contributed by atoms with E-state index in [4.69, 9.17) is 11.6 Å². The molecular weight excluding hydrogens is 345 g/mol. The number of halogens is 2. The van der Waals surface area contributed by atoms with Crippen LogP contribution in [0.2, 0.25) is 5.02 Å². The Morgan fingerprint density at radius 1 is 1.24 bits per heavy atom. The first-order chi connectivity index (χ1) is 12.1. The lowest BCUT2D eigenvalue weighted by Gasteiger charge is -2.15. The summed E-state index contributed by atoms with van der Waals surface area (Å²) in [4.78, 5) is 24.4. The zero-order chi connectivity index (χ0) is 17.8. The molecule has 0 aromatic heterocycles. The van der Waals surface area contributed by atoms with Gasteiger partial charge in [0.25, 0.3) is 5.91 Å². The molecule has 0 unspecified atom stereocenters. The highest BCUT2D eigenvalue weighted by atomic mass is 35.5. The predicted molar refractivity (Wildman–Crippen MR) is 92.8 cm³/mol. The highest BCUT2D eigenvalue weighted by Crippen LogP contribution is 2.29. The predicted octanol–water partition coefficient (Wildman–Crippen LogP) is 2.46. The lowest BCUT2D eigenvalue weighted by Crippen LogP contribution is -2.34. The van der Waals surface area contributed by atoms with Crippen molar-refractivity contribution >= 4 is 29.6 Å². The molecule has 25 heavy (non-hydrogen) atoms. The quantitative estimate of drug-likeness (QED) is 0.500. The van der Waals surface area contributed by atoms with Gasteiger partial charge >= 0.3 is 0 Å². The number of nitrogens with one attached hydrogen (secondary N) is 2. The Bertz CT molecular complexity index is 806. The van der Waals surface area contributed by atoms with Crippen molar-refractivity contribution in [1.82, 2.24) is 10.7 Å². The maximum Gasteiger partial charge on any atom is 0.253 e. The minimum absolute atomic E-state index is 0.0694. The molecule has 2 aromatic carbocycles. The van der Waals surface area contributed by atoms with Crippen LogP contribution < -0.4 is 10.7 Å². The van der Waals surface area contributed by atoms with Gasteiger partial charge in [0.15, 0.2) is 0 Å². The molecule has 1 aliphatic heterocycles. The Morgan fingerprint density at radius 3 is 2.72 bits per heavy atom. The number of amides is 2. The van der Waals surface area contributed by atoms with E-state index in [1.807, 2.05) is 30.3 Å². The lowest BCUT2D eigenvalue weighted by molar-refractivity contribution is -0.133. The molecule has 1 saturated heterocycles. The van der Waals surface area contributed by atoms with Crippen molar-refractivity contribution in [1.29, 1.82) is 0 Å². The zero-order valence-electron chi connectivity index (χ0n) is 13.1. The molecule has 0 saturated carbocycles. The Morgan fingerprint density at radius 2 is 2.00 bits per heavy atom. The van der Waals surface area contributed by atoms with Gasteiger partial charge in [0.1, 0.15) is 11.7 Å². The van der Waals surface area contributed by atoms with E-state index in [1.54, 1.807) is 0 Å². The minimum atomic E-state index is -0.893. The van der Waals surface area contributed by atoms with Gasteiger partial charge < -0.3 is 5.32 Å². The van der Waals surface area contributed by atoms with Crippen LogP contribution in [0.3, 0.4) is 0 Å². The standard InChI is InChI=1S/C18H15ClFN3O2/c19-14-7-4-8-15(20)13(14)10-22-23-18(25)16-12(9-21-17(16)24)11-5-2-1-3-6-11/h1-8,10,12,16H,9H2,(H,21,24)(H,23,25)/b22-10+/t12-,16-/m1/s1. The van der Waals surface area contributed by atoms with E-state index in [2.05, 4.69) is 15.8 Å². The second-order valence-corrected chi connectivity index (χ2v) is 6.02. The Labute approximate surface area is 148 Å².